The second-order valence-corrected chi connectivity index (χ2v) is 9.30. The number of halogens is 1. The molecule has 132 valence electrons. The van der Waals surface area contributed by atoms with Gasteiger partial charge in [0.1, 0.15) is 0 Å². The minimum absolute atomic E-state index is 0.0614. The molecule has 0 radical (unpaired) electrons. The highest BCUT2D eigenvalue weighted by atomic mass is 127. The third kappa shape index (κ3) is 5.21. The van der Waals surface area contributed by atoms with Crippen LogP contribution in [0.15, 0.2) is 42.5 Å². The van der Waals surface area contributed by atoms with Gasteiger partial charge in [0.05, 0.1) is 11.7 Å². The Morgan fingerprint density at radius 3 is 2.72 bits per heavy atom. The number of hydrogen-bond donors (Lipinski definition) is 1. The molecule has 0 spiro atoms. The van der Waals surface area contributed by atoms with Crippen LogP contribution in [0.1, 0.15) is 10.1 Å². The van der Waals surface area contributed by atoms with Crippen LogP contribution in [0.5, 0.6) is 11.5 Å². The fraction of sp³-hybridized carbons (Fsp3) is 0.278. The Hall–Kier alpha value is -1.06. The van der Waals surface area contributed by atoms with E-state index in [1.807, 2.05) is 66.0 Å². The molecule has 1 saturated heterocycles. The summed E-state index contributed by atoms with van der Waals surface area (Å²) >= 11 is 6.09. The summed E-state index contributed by atoms with van der Waals surface area (Å²) in [6, 6.07) is 13.6. The zero-order valence-corrected chi connectivity index (χ0v) is 17.4. The van der Waals surface area contributed by atoms with Crippen LogP contribution in [-0.2, 0) is 4.79 Å². The largest absolute Gasteiger partial charge is 0.493 e. The molecule has 3 rings (SSSR count). The zero-order valence-electron chi connectivity index (χ0n) is 13.7. The van der Waals surface area contributed by atoms with Crippen LogP contribution in [-0.4, -0.2) is 31.1 Å². The molecular weight excluding hydrogens is 469 g/mol. The van der Waals surface area contributed by atoms with Crippen molar-refractivity contribution in [1.82, 2.24) is 0 Å². The maximum absolute atomic E-state index is 12.1. The predicted molar refractivity (Wildman–Crippen MR) is 114 cm³/mol. The van der Waals surface area contributed by atoms with Gasteiger partial charge in [-0.25, -0.2) is 0 Å². The fourth-order valence-electron chi connectivity index (χ4n) is 2.41. The number of amides is 1. The second-order valence-electron chi connectivity index (χ2n) is 5.33. The summed E-state index contributed by atoms with van der Waals surface area (Å²) in [7, 11) is 1.62. The van der Waals surface area contributed by atoms with E-state index >= 15 is 0 Å². The molecule has 0 aliphatic carbocycles. The quantitative estimate of drug-likeness (QED) is 0.594. The Balaban J connectivity index is 1.61. The smallest absolute Gasteiger partial charge is 0.262 e. The van der Waals surface area contributed by atoms with Crippen molar-refractivity contribution >= 4 is 57.7 Å². The molecule has 0 atom stereocenters. The molecule has 0 unspecified atom stereocenters. The van der Waals surface area contributed by atoms with Crippen molar-refractivity contribution in [2.75, 3.05) is 30.5 Å². The van der Waals surface area contributed by atoms with E-state index in [-0.39, 0.29) is 12.5 Å². The van der Waals surface area contributed by atoms with Gasteiger partial charge < -0.3 is 14.8 Å². The summed E-state index contributed by atoms with van der Waals surface area (Å²) in [5, 5.41) is 2.83. The van der Waals surface area contributed by atoms with E-state index in [1.165, 1.54) is 17.1 Å². The van der Waals surface area contributed by atoms with Crippen molar-refractivity contribution in [2.24, 2.45) is 0 Å². The molecule has 1 heterocycles. The number of ether oxygens (including phenoxy) is 2. The first-order valence-corrected chi connectivity index (χ1v) is 10.9. The Labute approximate surface area is 169 Å². The SMILES string of the molecule is COc1cc(C2SCCS2)ccc1OCC(=O)Nc1cccc(I)c1. The van der Waals surface area contributed by atoms with Crippen molar-refractivity contribution in [3.05, 3.63) is 51.6 Å². The van der Waals surface area contributed by atoms with Gasteiger partial charge in [-0.05, 0) is 58.5 Å². The van der Waals surface area contributed by atoms with Crippen molar-refractivity contribution in [3.8, 4) is 11.5 Å². The summed E-state index contributed by atoms with van der Waals surface area (Å²) in [5.41, 5.74) is 1.98. The number of nitrogens with one attached hydrogen (secondary N) is 1. The topological polar surface area (TPSA) is 47.6 Å². The molecule has 4 nitrogen and oxygen atoms in total. The highest BCUT2D eigenvalue weighted by Gasteiger charge is 2.20. The highest BCUT2D eigenvalue weighted by Crippen LogP contribution is 2.46. The summed E-state index contributed by atoms with van der Waals surface area (Å²) in [6.45, 7) is -0.0614. The lowest BCUT2D eigenvalue weighted by Gasteiger charge is -2.14. The van der Waals surface area contributed by atoms with Crippen LogP contribution in [0.25, 0.3) is 0 Å². The number of thioether (sulfide) groups is 2. The van der Waals surface area contributed by atoms with Gasteiger partial charge in [-0.1, -0.05) is 12.1 Å². The molecule has 0 bridgehead atoms. The average Bonchev–Trinajstić information content (AvgIpc) is 3.14. The second kappa shape index (κ2) is 9.05. The molecule has 1 aliphatic heterocycles. The van der Waals surface area contributed by atoms with Gasteiger partial charge in [0.25, 0.3) is 5.91 Å². The number of anilines is 1. The van der Waals surface area contributed by atoms with Crippen LogP contribution in [0.2, 0.25) is 0 Å². The van der Waals surface area contributed by atoms with E-state index in [1.54, 1.807) is 7.11 Å². The zero-order chi connectivity index (χ0) is 17.6. The lowest BCUT2D eigenvalue weighted by atomic mass is 10.2. The Kier molecular flexibility index (Phi) is 6.77. The van der Waals surface area contributed by atoms with Crippen LogP contribution < -0.4 is 14.8 Å². The minimum atomic E-state index is -0.199. The molecule has 2 aromatic carbocycles. The Morgan fingerprint density at radius 1 is 1.20 bits per heavy atom. The van der Waals surface area contributed by atoms with Gasteiger partial charge in [-0.15, -0.1) is 23.5 Å². The standard InChI is InChI=1S/C18H18INO3S2/c1-22-16-9-12(18-24-7-8-25-18)5-6-15(16)23-11-17(21)20-14-4-2-3-13(19)10-14/h2-6,9-10,18H,7-8,11H2,1H3,(H,20,21). The first kappa shape index (κ1) is 18.7. The van der Waals surface area contributed by atoms with Crippen molar-refractivity contribution in [3.63, 3.8) is 0 Å². The normalized spacial score (nSPS) is 14.3. The Bertz CT molecular complexity index is 751. The molecule has 1 N–H and O–H groups in total. The van der Waals surface area contributed by atoms with Gasteiger partial charge >= 0.3 is 0 Å². The number of methoxy groups -OCH3 is 1. The van der Waals surface area contributed by atoms with Crippen molar-refractivity contribution in [1.29, 1.82) is 0 Å². The average molecular weight is 487 g/mol. The van der Waals surface area contributed by atoms with E-state index in [0.29, 0.717) is 16.1 Å². The molecule has 1 amide bonds. The van der Waals surface area contributed by atoms with Gasteiger partial charge in [0.2, 0.25) is 0 Å². The maximum atomic E-state index is 12.1. The molecule has 7 heteroatoms. The number of carbonyl (C=O) groups excluding carboxylic acids is 1. The lowest BCUT2D eigenvalue weighted by molar-refractivity contribution is -0.118. The maximum Gasteiger partial charge on any atom is 0.262 e. The first-order chi connectivity index (χ1) is 12.2. The van der Waals surface area contributed by atoms with Gasteiger partial charge in [0, 0.05) is 20.8 Å². The lowest BCUT2D eigenvalue weighted by Crippen LogP contribution is -2.20. The van der Waals surface area contributed by atoms with Crippen LogP contribution in [0, 0.1) is 3.57 Å². The summed E-state index contributed by atoms with van der Waals surface area (Å²) in [4.78, 5) is 12.1. The molecular formula is C18H18INO3S2. The third-order valence-electron chi connectivity index (χ3n) is 3.55. The molecule has 25 heavy (non-hydrogen) atoms. The molecule has 2 aromatic rings. The van der Waals surface area contributed by atoms with E-state index in [2.05, 4.69) is 27.9 Å². The van der Waals surface area contributed by atoms with Crippen molar-refractivity contribution < 1.29 is 14.3 Å². The first-order valence-electron chi connectivity index (χ1n) is 7.75. The Morgan fingerprint density at radius 2 is 2.00 bits per heavy atom. The third-order valence-corrected chi connectivity index (χ3v) is 7.32. The van der Waals surface area contributed by atoms with Crippen LogP contribution in [0.3, 0.4) is 0 Å². The monoisotopic (exact) mass is 487 g/mol. The summed E-state index contributed by atoms with van der Waals surface area (Å²) in [5.74, 6) is 3.39. The van der Waals surface area contributed by atoms with E-state index in [4.69, 9.17) is 9.47 Å². The molecule has 1 fully saturated rings. The van der Waals surface area contributed by atoms with E-state index in [9.17, 15) is 4.79 Å². The van der Waals surface area contributed by atoms with Crippen LogP contribution in [0.4, 0.5) is 5.69 Å². The number of carbonyl (C=O) groups is 1. The van der Waals surface area contributed by atoms with E-state index < -0.39 is 0 Å². The molecule has 0 aromatic heterocycles. The number of rotatable bonds is 6. The molecule has 0 saturated carbocycles. The summed E-state index contributed by atoms with van der Waals surface area (Å²) in [6.07, 6.45) is 0. The predicted octanol–water partition coefficient (Wildman–Crippen LogP) is 4.80. The van der Waals surface area contributed by atoms with Gasteiger partial charge in [0.15, 0.2) is 18.1 Å². The summed E-state index contributed by atoms with van der Waals surface area (Å²) < 4.78 is 12.6. The fourth-order valence-corrected chi connectivity index (χ4v) is 5.79. The van der Waals surface area contributed by atoms with Gasteiger partial charge in [-0.2, -0.15) is 0 Å². The number of benzene rings is 2. The van der Waals surface area contributed by atoms with Gasteiger partial charge in [-0.3, -0.25) is 4.79 Å². The number of hydrogen-bond acceptors (Lipinski definition) is 5. The van der Waals surface area contributed by atoms with Crippen LogP contribution >= 0.6 is 46.1 Å². The minimum Gasteiger partial charge on any atom is -0.493 e. The van der Waals surface area contributed by atoms with Crippen molar-refractivity contribution in [2.45, 2.75) is 4.58 Å². The molecule has 1 aliphatic rings. The van der Waals surface area contributed by atoms with E-state index in [0.717, 1.165) is 9.26 Å². The highest BCUT2D eigenvalue weighted by molar-refractivity contribution is 14.1.